The van der Waals surface area contributed by atoms with E-state index in [9.17, 15) is 9.59 Å². The van der Waals surface area contributed by atoms with Gasteiger partial charge in [-0.1, -0.05) is 30.3 Å². The lowest BCUT2D eigenvalue weighted by Crippen LogP contribution is -2.43. The molecule has 5 rings (SSSR count). The van der Waals surface area contributed by atoms with Gasteiger partial charge in [0.05, 0.1) is 13.0 Å². The van der Waals surface area contributed by atoms with Gasteiger partial charge in [-0.2, -0.15) is 0 Å². The first kappa shape index (κ1) is 18.1. The number of H-pyrrole nitrogens is 1. The maximum atomic E-state index is 13.3. The van der Waals surface area contributed by atoms with Gasteiger partial charge in [0.2, 0.25) is 5.91 Å². The summed E-state index contributed by atoms with van der Waals surface area (Å²) in [6.07, 6.45) is 2.59. The van der Waals surface area contributed by atoms with Crippen molar-refractivity contribution in [2.75, 3.05) is 19.8 Å². The molecule has 3 unspecified atom stereocenters. The van der Waals surface area contributed by atoms with Crippen LogP contribution in [0.2, 0.25) is 0 Å². The summed E-state index contributed by atoms with van der Waals surface area (Å²) in [7, 11) is 0. The molecule has 7 heteroatoms. The molecule has 3 atom stereocenters. The summed E-state index contributed by atoms with van der Waals surface area (Å²) < 4.78 is 7.15. The van der Waals surface area contributed by atoms with Gasteiger partial charge in [0.1, 0.15) is 0 Å². The van der Waals surface area contributed by atoms with Gasteiger partial charge in [-0.15, -0.1) is 0 Å². The van der Waals surface area contributed by atoms with Gasteiger partial charge >= 0.3 is 0 Å². The molecule has 0 spiro atoms. The molecule has 7 nitrogen and oxygen atoms in total. The highest BCUT2D eigenvalue weighted by Crippen LogP contribution is 2.41. The summed E-state index contributed by atoms with van der Waals surface area (Å²) >= 11 is 0. The molecule has 4 heterocycles. The summed E-state index contributed by atoms with van der Waals surface area (Å²) in [5, 5.41) is 2.87. The SMILES string of the molecule is Cc1nc2cc[nH]n2c(=O)c1CC(=O)N1CC(c2ccccc2)C2COCCC21. The van der Waals surface area contributed by atoms with E-state index in [1.165, 1.54) is 10.1 Å². The minimum absolute atomic E-state index is 0.00571. The van der Waals surface area contributed by atoms with Crippen molar-refractivity contribution >= 4 is 11.6 Å². The lowest BCUT2D eigenvalue weighted by molar-refractivity contribution is -0.133. The van der Waals surface area contributed by atoms with E-state index >= 15 is 0 Å². The molecule has 150 valence electrons. The summed E-state index contributed by atoms with van der Waals surface area (Å²) in [4.78, 5) is 32.6. The van der Waals surface area contributed by atoms with Gasteiger partial charge < -0.3 is 9.64 Å². The summed E-state index contributed by atoms with van der Waals surface area (Å²) in [6, 6.07) is 12.3. The van der Waals surface area contributed by atoms with Gasteiger partial charge in [0.25, 0.3) is 5.56 Å². The fraction of sp³-hybridized carbons (Fsp3) is 0.409. The number of aryl methyl sites for hydroxylation is 1. The standard InChI is InChI=1S/C22H24N4O3/c1-14-16(22(28)26-20(24-14)7-9-23-26)11-21(27)25-12-17(15-5-3-2-4-6-15)18-13-29-10-8-19(18)25/h2-7,9,17-19,23H,8,10-13H2,1H3. The van der Waals surface area contributed by atoms with Crippen LogP contribution in [0.25, 0.3) is 5.65 Å². The smallest absolute Gasteiger partial charge is 0.276 e. The minimum atomic E-state index is -0.201. The number of amides is 1. The highest BCUT2D eigenvalue weighted by Gasteiger charge is 2.45. The second kappa shape index (κ2) is 7.15. The van der Waals surface area contributed by atoms with Crippen molar-refractivity contribution in [3.05, 3.63) is 69.8 Å². The quantitative estimate of drug-likeness (QED) is 0.738. The molecule has 1 N–H and O–H groups in total. The minimum Gasteiger partial charge on any atom is -0.381 e. The highest BCUT2D eigenvalue weighted by atomic mass is 16.5. The van der Waals surface area contributed by atoms with Gasteiger partial charge in [0.15, 0.2) is 5.65 Å². The topological polar surface area (TPSA) is 79.7 Å². The molecule has 2 aliphatic heterocycles. The number of benzene rings is 1. The lowest BCUT2D eigenvalue weighted by Gasteiger charge is -2.32. The first-order valence-electron chi connectivity index (χ1n) is 10.1. The zero-order chi connectivity index (χ0) is 20.0. The Kier molecular flexibility index (Phi) is 4.47. The summed E-state index contributed by atoms with van der Waals surface area (Å²) in [5.74, 6) is 0.548. The molecule has 0 aliphatic carbocycles. The van der Waals surface area contributed by atoms with Gasteiger partial charge in [0, 0.05) is 54.5 Å². The summed E-state index contributed by atoms with van der Waals surface area (Å²) in [5.41, 5.74) is 2.69. The number of rotatable bonds is 3. The van der Waals surface area contributed by atoms with E-state index in [0.29, 0.717) is 42.6 Å². The largest absolute Gasteiger partial charge is 0.381 e. The fourth-order valence-electron chi connectivity index (χ4n) is 4.90. The van der Waals surface area contributed by atoms with Gasteiger partial charge in [-0.25, -0.2) is 9.50 Å². The summed E-state index contributed by atoms with van der Waals surface area (Å²) in [6.45, 7) is 3.81. The second-order valence-electron chi connectivity index (χ2n) is 7.97. The lowest BCUT2D eigenvalue weighted by atomic mass is 9.84. The number of likely N-dealkylation sites (tertiary alicyclic amines) is 1. The fourth-order valence-corrected chi connectivity index (χ4v) is 4.90. The molecule has 0 bridgehead atoms. The van der Waals surface area contributed by atoms with Crippen molar-refractivity contribution in [1.82, 2.24) is 19.5 Å². The monoisotopic (exact) mass is 392 g/mol. The Hall–Kier alpha value is -2.93. The number of carbonyl (C=O) groups excluding carboxylic acids is 1. The van der Waals surface area contributed by atoms with Crippen LogP contribution in [-0.2, 0) is 16.0 Å². The third-order valence-electron chi connectivity index (χ3n) is 6.39. The van der Waals surface area contributed by atoms with Crippen molar-refractivity contribution in [1.29, 1.82) is 0 Å². The van der Waals surface area contributed by atoms with Crippen LogP contribution in [0, 0.1) is 12.8 Å². The van der Waals surface area contributed by atoms with Crippen LogP contribution in [0.3, 0.4) is 0 Å². The number of fused-ring (bicyclic) bond motifs is 2. The van der Waals surface area contributed by atoms with Crippen LogP contribution >= 0.6 is 0 Å². The Morgan fingerprint density at radius 1 is 1.28 bits per heavy atom. The van der Waals surface area contributed by atoms with Crippen molar-refractivity contribution in [2.24, 2.45) is 5.92 Å². The van der Waals surface area contributed by atoms with Crippen molar-refractivity contribution < 1.29 is 9.53 Å². The third kappa shape index (κ3) is 3.06. The Bertz CT molecular complexity index is 1100. The molecular formula is C22H24N4O3. The molecule has 1 amide bonds. The molecule has 3 aromatic rings. The van der Waals surface area contributed by atoms with Crippen LogP contribution < -0.4 is 5.56 Å². The molecule has 0 saturated carbocycles. The van der Waals surface area contributed by atoms with Crippen LogP contribution in [0.15, 0.2) is 47.4 Å². The predicted molar refractivity (Wildman–Crippen MR) is 108 cm³/mol. The van der Waals surface area contributed by atoms with Gasteiger partial charge in [-0.05, 0) is 18.9 Å². The molecule has 2 aromatic heterocycles. The zero-order valence-corrected chi connectivity index (χ0v) is 16.4. The molecular weight excluding hydrogens is 368 g/mol. The molecule has 2 saturated heterocycles. The highest BCUT2D eigenvalue weighted by molar-refractivity contribution is 5.80. The average molecular weight is 392 g/mol. The number of hydrogen-bond acceptors (Lipinski definition) is 4. The number of aromatic nitrogens is 3. The predicted octanol–water partition coefficient (Wildman–Crippen LogP) is 1.90. The number of aromatic amines is 1. The van der Waals surface area contributed by atoms with Crippen LogP contribution in [-0.4, -0.2) is 51.2 Å². The van der Waals surface area contributed by atoms with Crippen molar-refractivity contribution in [3.63, 3.8) is 0 Å². The second-order valence-corrected chi connectivity index (χ2v) is 7.97. The van der Waals surface area contributed by atoms with E-state index in [1.54, 1.807) is 19.2 Å². The Balaban J connectivity index is 1.44. The number of carbonyl (C=O) groups is 1. The first-order valence-corrected chi connectivity index (χ1v) is 10.1. The van der Waals surface area contributed by atoms with Crippen molar-refractivity contribution in [3.8, 4) is 0 Å². The van der Waals surface area contributed by atoms with E-state index in [1.807, 2.05) is 23.1 Å². The number of nitrogens with zero attached hydrogens (tertiary/aromatic N) is 3. The maximum absolute atomic E-state index is 13.3. The molecule has 29 heavy (non-hydrogen) atoms. The number of hydrogen-bond donors (Lipinski definition) is 1. The maximum Gasteiger partial charge on any atom is 0.276 e. The van der Waals surface area contributed by atoms with Crippen LogP contribution in [0.5, 0.6) is 0 Å². The first-order chi connectivity index (χ1) is 14.1. The van der Waals surface area contributed by atoms with E-state index in [0.717, 1.165) is 6.42 Å². The zero-order valence-electron chi connectivity index (χ0n) is 16.4. The van der Waals surface area contributed by atoms with Gasteiger partial charge in [-0.3, -0.25) is 14.7 Å². The van der Waals surface area contributed by atoms with E-state index in [-0.39, 0.29) is 29.8 Å². The Morgan fingerprint density at radius 2 is 2.10 bits per heavy atom. The van der Waals surface area contributed by atoms with E-state index in [4.69, 9.17) is 4.74 Å². The number of ether oxygens (including phenoxy) is 1. The average Bonchev–Trinajstić information content (AvgIpc) is 3.36. The van der Waals surface area contributed by atoms with E-state index < -0.39 is 0 Å². The van der Waals surface area contributed by atoms with Crippen LogP contribution in [0.1, 0.15) is 29.2 Å². The normalized spacial score (nSPS) is 24.0. The Labute approximate surface area is 168 Å². The molecule has 1 aromatic carbocycles. The molecule has 0 radical (unpaired) electrons. The number of nitrogens with one attached hydrogen (secondary N) is 1. The van der Waals surface area contributed by atoms with Crippen molar-refractivity contribution in [2.45, 2.75) is 31.7 Å². The van der Waals surface area contributed by atoms with E-state index in [2.05, 4.69) is 22.2 Å². The van der Waals surface area contributed by atoms with Crippen LogP contribution in [0.4, 0.5) is 0 Å². The molecule has 2 aliphatic rings. The molecule has 2 fully saturated rings. The Morgan fingerprint density at radius 3 is 2.93 bits per heavy atom. The third-order valence-corrected chi connectivity index (χ3v) is 6.39.